The number of hydrogen-bond donors (Lipinski definition) is 1. The third-order valence-electron chi connectivity index (χ3n) is 6.48. The Morgan fingerprint density at radius 1 is 1.12 bits per heavy atom. The number of ketones is 1. The summed E-state index contributed by atoms with van der Waals surface area (Å²) < 4.78 is 17.7. The molecule has 2 aromatic carbocycles. The summed E-state index contributed by atoms with van der Waals surface area (Å²) in [5.74, 6) is 0.200. The molecule has 1 atom stereocenters. The van der Waals surface area contributed by atoms with Crippen LogP contribution in [0, 0.1) is 6.92 Å². The number of aryl methyl sites for hydroxylation is 1. The molecule has 4 aromatic rings. The van der Waals surface area contributed by atoms with Crippen LogP contribution >= 0.6 is 23.1 Å². The lowest BCUT2D eigenvalue weighted by Crippen LogP contribution is -2.31. The quantitative estimate of drug-likeness (QED) is 0.0831. The normalized spacial score (nSPS) is 15.0. The van der Waals surface area contributed by atoms with Gasteiger partial charge in [-0.3, -0.25) is 14.5 Å². The largest absolute Gasteiger partial charge is 0.503 e. The fraction of sp³-hybridized carbons (Fsp3) is 0.267. The minimum absolute atomic E-state index is 0.0200. The summed E-state index contributed by atoms with van der Waals surface area (Å²) in [5, 5.41) is 19.9. The van der Waals surface area contributed by atoms with Gasteiger partial charge in [0, 0.05) is 5.75 Å². The van der Waals surface area contributed by atoms with Crippen molar-refractivity contribution in [3.63, 3.8) is 0 Å². The second kappa shape index (κ2) is 12.6. The maximum atomic E-state index is 13.7. The fourth-order valence-corrected chi connectivity index (χ4v) is 6.24. The number of nitrogens with zero attached hydrogens (tertiary/aromatic N) is 3. The van der Waals surface area contributed by atoms with E-state index >= 15 is 0 Å². The molecule has 1 aliphatic heterocycles. The Balaban J connectivity index is 1.52. The summed E-state index contributed by atoms with van der Waals surface area (Å²) in [6.07, 6.45) is 1.87. The summed E-state index contributed by atoms with van der Waals surface area (Å²) in [7, 11) is 1.52. The number of hydrogen-bond acceptors (Lipinski definition) is 10. The summed E-state index contributed by atoms with van der Waals surface area (Å²) >= 11 is 2.70. The maximum Gasteiger partial charge on any atom is 0.296 e. The number of ether oxygens (including phenoxy) is 2. The number of thioether (sulfide) groups is 1. The zero-order valence-corrected chi connectivity index (χ0v) is 24.5. The number of aliphatic hydroxyl groups excluding tert-OH is 1. The van der Waals surface area contributed by atoms with E-state index in [1.807, 2.05) is 30.3 Å². The van der Waals surface area contributed by atoms with Crippen molar-refractivity contribution in [3.8, 4) is 11.5 Å². The van der Waals surface area contributed by atoms with Crippen molar-refractivity contribution in [2.45, 2.75) is 42.8 Å². The molecular formula is C30H29N3O6S2. The Hall–Kier alpha value is -4.09. The SMILES string of the molecule is CCCCOc1ccc(C2C(C(=O)c3ccc(C)o3)=C(O)C(=O)N2c2nnc(SCc3ccccc3)s2)cc1OC. The van der Waals surface area contributed by atoms with Crippen LogP contribution in [-0.2, 0) is 10.5 Å². The molecule has 0 aliphatic carbocycles. The lowest BCUT2D eigenvalue weighted by atomic mass is 9.95. The maximum absolute atomic E-state index is 13.7. The van der Waals surface area contributed by atoms with E-state index in [2.05, 4.69) is 17.1 Å². The number of anilines is 1. The molecule has 212 valence electrons. The first kappa shape index (κ1) is 28.4. The average Bonchev–Trinajstić information content (AvgIpc) is 3.70. The van der Waals surface area contributed by atoms with Crippen LogP contribution in [0.5, 0.6) is 11.5 Å². The molecule has 11 heteroatoms. The van der Waals surface area contributed by atoms with Gasteiger partial charge in [0.2, 0.25) is 10.9 Å². The van der Waals surface area contributed by atoms with Gasteiger partial charge in [-0.1, -0.05) is 72.8 Å². The number of Topliss-reactive ketones (excluding diaryl/α,β-unsaturated/α-hetero) is 1. The van der Waals surface area contributed by atoms with Crippen LogP contribution in [0.2, 0.25) is 0 Å². The molecule has 3 heterocycles. The lowest BCUT2D eigenvalue weighted by molar-refractivity contribution is -0.117. The second-order valence-electron chi connectivity index (χ2n) is 9.32. The zero-order chi connectivity index (χ0) is 28.9. The van der Waals surface area contributed by atoms with Crippen LogP contribution in [0.25, 0.3) is 0 Å². The van der Waals surface area contributed by atoms with Gasteiger partial charge < -0.3 is 19.0 Å². The molecule has 41 heavy (non-hydrogen) atoms. The van der Waals surface area contributed by atoms with Crippen molar-refractivity contribution in [2.75, 3.05) is 18.6 Å². The number of aromatic nitrogens is 2. The first-order valence-electron chi connectivity index (χ1n) is 13.1. The van der Waals surface area contributed by atoms with Gasteiger partial charge in [0.05, 0.1) is 25.3 Å². The molecule has 1 amide bonds. The molecular weight excluding hydrogens is 562 g/mol. The Morgan fingerprint density at radius 3 is 2.63 bits per heavy atom. The van der Waals surface area contributed by atoms with Crippen molar-refractivity contribution >= 4 is 39.9 Å². The van der Waals surface area contributed by atoms with Crippen LogP contribution in [-0.4, -0.2) is 40.7 Å². The van der Waals surface area contributed by atoms with Gasteiger partial charge in [0.1, 0.15) is 5.76 Å². The molecule has 1 N–H and O–H groups in total. The zero-order valence-electron chi connectivity index (χ0n) is 22.8. The highest BCUT2D eigenvalue weighted by Gasteiger charge is 2.47. The van der Waals surface area contributed by atoms with Crippen LogP contribution in [0.4, 0.5) is 5.13 Å². The van der Waals surface area contributed by atoms with Crippen molar-refractivity contribution in [2.24, 2.45) is 0 Å². The highest BCUT2D eigenvalue weighted by atomic mass is 32.2. The summed E-state index contributed by atoms with van der Waals surface area (Å²) in [4.78, 5) is 28.5. The van der Waals surface area contributed by atoms with Crippen molar-refractivity contribution < 1.29 is 28.6 Å². The van der Waals surface area contributed by atoms with Gasteiger partial charge in [-0.2, -0.15) is 0 Å². The van der Waals surface area contributed by atoms with E-state index < -0.39 is 23.5 Å². The Bertz CT molecular complexity index is 1580. The van der Waals surface area contributed by atoms with E-state index in [-0.39, 0.29) is 16.5 Å². The molecule has 1 aliphatic rings. The fourth-order valence-electron chi connectivity index (χ4n) is 4.42. The summed E-state index contributed by atoms with van der Waals surface area (Å²) in [5.41, 5.74) is 1.54. The molecule has 5 rings (SSSR count). The molecule has 0 saturated carbocycles. The molecule has 9 nitrogen and oxygen atoms in total. The first-order valence-corrected chi connectivity index (χ1v) is 14.9. The van der Waals surface area contributed by atoms with E-state index in [9.17, 15) is 14.7 Å². The van der Waals surface area contributed by atoms with E-state index in [4.69, 9.17) is 13.9 Å². The van der Waals surface area contributed by atoms with Gasteiger partial charge in [0.15, 0.2) is 27.4 Å². The van der Waals surface area contributed by atoms with Crippen LogP contribution in [0.1, 0.15) is 53.2 Å². The number of carbonyl (C=O) groups is 2. The molecule has 0 spiro atoms. The van der Waals surface area contributed by atoms with Crippen molar-refractivity contribution in [1.82, 2.24) is 10.2 Å². The Kier molecular flexibility index (Phi) is 8.75. The topological polar surface area (TPSA) is 115 Å². The van der Waals surface area contributed by atoms with Crippen molar-refractivity contribution in [3.05, 3.63) is 94.6 Å². The average molecular weight is 592 g/mol. The molecule has 0 fully saturated rings. The van der Waals surface area contributed by atoms with Gasteiger partial charge in [-0.05, 0) is 48.7 Å². The number of furan rings is 1. The first-order chi connectivity index (χ1) is 19.9. The van der Waals surface area contributed by atoms with Gasteiger partial charge in [0.25, 0.3) is 5.91 Å². The summed E-state index contributed by atoms with van der Waals surface area (Å²) in [6.45, 7) is 4.32. The molecule has 0 radical (unpaired) electrons. The number of amides is 1. The number of benzene rings is 2. The van der Waals surface area contributed by atoms with E-state index in [1.54, 1.807) is 31.2 Å². The predicted molar refractivity (Wildman–Crippen MR) is 157 cm³/mol. The molecule has 0 saturated heterocycles. The van der Waals surface area contributed by atoms with E-state index in [0.717, 1.165) is 18.4 Å². The smallest absolute Gasteiger partial charge is 0.296 e. The number of methoxy groups -OCH3 is 1. The lowest BCUT2D eigenvalue weighted by Gasteiger charge is -2.24. The summed E-state index contributed by atoms with van der Waals surface area (Å²) in [6, 6.07) is 17.3. The number of aliphatic hydroxyl groups is 1. The standard InChI is InChI=1S/C30H29N3O6S2/c1-4-5-15-38-21-14-12-20(16-23(21)37-3)25-24(26(34)22-13-11-18(2)39-22)27(35)28(36)33(25)29-31-32-30(41-29)40-17-19-9-7-6-8-10-19/h6-14,16,25,35H,4-5,15,17H2,1-3H3. The van der Waals surface area contributed by atoms with Crippen LogP contribution in [0.15, 0.2) is 80.8 Å². The monoisotopic (exact) mass is 591 g/mol. The number of unbranched alkanes of at least 4 members (excludes halogenated alkanes) is 1. The second-order valence-corrected chi connectivity index (χ2v) is 11.5. The number of rotatable bonds is 12. The van der Waals surface area contributed by atoms with Gasteiger partial charge in [-0.25, -0.2) is 0 Å². The van der Waals surface area contributed by atoms with E-state index in [1.165, 1.54) is 41.2 Å². The highest BCUT2D eigenvalue weighted by molar-refractivity contribution is 8.00. The Morgan fingerprint density at radius 2 is 1.93 bits per heavy atom. The van der Waals surface area contributed by atoms with Crippen LogP contribution in [0.3, 0.4) is 0 Å². The van der Waals surface area contributed by atoms with Gasteiger partial charge >= 0.3 is 0 Å². The Labute approximate surface area is 245 Å². The third-order valence-corrected chi connectivity index (χ3v) is 8.61. The molecule has 2 aromatic heterocycles. The van der Waals surface area contributed by atoms with E-state index in [0.29, 0.717) is 39.5 Å². The third kappa shape index (κ3) is 6.01. The van der Waals surface area contributed by atoms with Crippen LogP contribution < -0.4 is 14.4 Å². The van der Waals surface area contributed by atoms with Gasteiger partial charge in [-0.15, -0.1) is 10.2 Å². The van der Waals surface area contributed by atoms with Crippen molar-refractivity contribution in [1.29, 1.82) is 0 Å². The minimum atomic E-state index is -1.00. The molecule has 0 bridgehead atoms. The minimum Gasteiger partial charge on any atom is -0.503 e. The number of carbonyl (C=O) groups excluding carboxylic acids is 2. The highest BCUT2D eigenvalue weighted by Crippen LogP contribution is 2.45. The molecule has 1 unspecified atom stereocenters. The predicted octanol–water partition coefficient (Wildman–Crippen LogP) is 6.70.